The molecule has 0 bridgehead atoms. The molecule has 1 aromatic rings. The molecule has 1 aromatic carbocycles. The Labute approximate surface area is 112 Å². The normalized spacial score (nSPS) is 11.5. The number of nitrogens with two attached hydrogens (primary N) is 2. The first-order valence-electron chi connectivity index (χ1n) is 5.67. The van der Waals surface area contributed by atoms with Crippen molar-refractivity contribution in [2.45, 2.75) is 4.90 Å². The number of anilines is 2. The average molecular weight is 289 g/mol. The van der Waals surface area contributed by atoms with Gasteiger partial charge in [0.2, 0.25) is 10.0 Å². The van der Waals surface area contributed by atoms with E-state index in [4.69, 9.17) is 20.7 Å². The van der Waals surface area contributed by atoms with E-state index >= 15 is 0 Å². The van der Waals surface area contributed by atoms with Gasteiger partial charge in [-0.25, -0.2) is 13.6 Å². The standard InChI is InChI=1S/C11H19N3O4S/c1-18-7-5-14(4-6-15)11-3-2-9(8-10(11)12)19(13,16)17/h2-3,8,15H,4-7,12H2,1H3,(H2,13,16,17). The van der Waals surface area contributed by atoms with Crippen LogP contribution >= 0.6 is 0 Å². The van der Waals surface area contributed by atoms with Gasteiger partial charge in [-0.3, -0.25) is 0 Å². The summed E-state index contributed by atoms with van der Waals surface area (Å²) in [7, 11) is -2.20. The maximum absolute atomic E-state index is 11.2. The quantitative estimate of drug-likeness (QED) is 0.575. The molecule has 0 amide bonds. The minimum absolute atomic E-state index is 0.0376. The number of primary sulfonamides is 1. The number of aliphatic hydroxyl groups is 1. The van der Waals surface area contributed by atoms with Crippen LogP contribution in [0.3, 0.4) is 0 Å². The van der Waals surface area contributed by atoms with Gasteiger partial charge in [-0.15, -0.1) is 0 Å². The highest BCUT2D eigenvalue weighted by Gasteiger charge is 2.13. The number of nitrogens with zero attached hydrogens (tertiary/aromatic N) is 1. The second-order valence-electron chi connectivity index (χ2n) is 3.97. The first kappa shape index (κ1) is 15.7. The van der Waals surface area contributed by atoms with Crippen molar-refractivity contribution in [3.05, 3.63) is 18.2 Å². The van der Waals surface area contributed by atoms with Gasteiger partial charge in [0.15, 0.2) is 0 Å². The predicted octanol–water partition coefficient (Wildman–Crippen LogP) is -0.639. The minimum Gasteiger partial charge on any atom is -0.397 e. The smallest absolute Gasteiger partial charge is 0.238 e. The van der Waals surface area contributed by atoms with Crippen LogP contribution in [-0.4, -0.2) is 46.9 Å². The molecule has 8 heteroatoms. The number of hydrogen-bond donors (Lipinski definition) is 3. The summed E-state index contributed by atoms with van der Waals surface area (Å²) in [6, 6.07) is 4.26. The Hall–Kier alpha value is -1.35. The van der Waals surface area contributed by atoms with Crippen LogP contribution in [0.2, 0.25) is 0 Å². The van der Waals surface area contributed by atoms with Crippen LogP contribution in [0.5, 0.6) is 0 Å². The van der Waals surface area contributed by atoms with E-state index in [1.807, 2.05) is 4.90 Å². The molecule has 0 aromatic heterocycles. The summed E-state index contributed by atoms with van der Waals surface area (Å²) < 4.78 is 27.4. The summed E-state index contributed by atoms with van der Waals surface area (Å²) in [5.41, 5.74) is 6.76. The zero-order valence-electron chi connectivity index (χ0n) is 10.7. The maximum atomic E-state index is 11.2. The molecule has 19 heavy (non-hydrogen) atoms. The molecule has 0 aliphatic carbocycles. The van der Waals surface area contributed by atoms with E-state index in [-0.39, 0.29) is 17.2 Å². The SMILES string of the molecule is COCCN(CCO)c1ccc(S(N)(=O)=O)cc1N. The zero-order chi connectivity index (χ0) is 14.5. The monoisotopic (exact) mass is 289 g/mol. The molecule has 0 unspecified atom stereocenters. The van der Waals surface area contributed by atoms with Crippen molar-refractivity contribution in [3.63, 3.8) is 0 Å². The highest BCUT2D eigenvalue weighted by molar-refractivity contribution is 7.89. The topological polar surface area (TPSA) is 119 Å². The van der Waals surface area contributed by atoms with Gasteiger partial charge in [-0.05, 0) is 18.2 Å². The van der Waals surface area contributed by atoms with E-state index in [1.54, 1.807) is 13.2 Å². The summed E-state index contributed by atoms with van der Waals surface area (Å²) in [6.45, 7) is 1.34. The fourth-order valence-electron chi connectivity index (χ4n) is 1.67. The molecular formula is C11H19N3O4S. The predicted molar refractivity (Wildman–Crippen MR) is 73.4 cm³/mol. The van der Waals surface area contributed by atoms with E-state index in [0.717, 1.165) is 0 Å². The largest absolute Gasteiger partial charge is 0.397 e. The highest BCUT2D eigenvalue weighted by Crippen LogP contribution is 2.25. The Morgan fingerprint density at radius 2 is 2.05 bits per heavy atom. The van der Waals surface area contributed by atoms with Gasteiger partial charge < -0.3 is 20.5 Å². The van der Waals surface area contributed by atoms with Crippen LogP contribution in [0.25, 0.3) is 0 Å². The first-order chi connectivity index (χ1) is 8.90. The summed E-state index contributed by atoms with van der Waals surface area (Å²) in [4.78, 5) is 1.77. The van der Waals surface area contributed by atoms with Gasteiger partial charge in [-0.2, -0.15) is 0 Å². The molecule has 0 saturated heterocycles. The summed E-state index contributed by atoms with van der Waals surface area (Å²) in [5.74, 6) is 0. The number of rotatable bonds is 7. The van der Waals surface area contributed by atoms with Crippen LogP contribution < -0.4 is 15.8 Å². The molecule has 0 heterocycles. The van der Waals surface area contributed by atoms with Crippen LogP contribution in [0.4, 0.5) is 11.4 Å². The molecule has 0 radical (unpaired) electrons. The van der Waals surface area contributed by atoms with E-state index in [9.17, 15) is 8.42 Å². The minimum atomic E-state index is -3.77. The molecule has 0 atom stereocenters. The number of sulfonamides is 1. The molecule has 108 valence electrons. The molecule has 0 aliphatic rings. The fourth-order valence-corrected chi connectivity index (χ4v) is 2.22. The first-order valence-corrected chi connectivity index (χ1v) is 7.22. The van der Waals surface area contributed by atoms with E-state index in [1.165, 1.54) is 12.1 Å². The zero-order valence-corrected chi connectivity index (χ0v) is 11.6. The third-order valence-electron chi connectivity index (χ3n) is 2.60. The van der Waals surface area contributed by atoms with E-state index < -0.39 is 10.0 Å². The molecule has 0 spiro atoms. The molecule has 7 nitrogen and oxygen atoms in total. The summed E-state index contributed by atoms with van der Waals surface area (Å²) in [6.07, 6.45) is 0. The van der Waals surface area contributed by atoms with Gasteiger partial charge in [0, 0.05) is 20.2 Å². The highest BCUT2D eigenvalue weighted by atomic mass is 32.2. The summed E-state index contributed by atoms with van der Waals surface area (Å²) in [5, 5.41) is 14.1. The lowest BCUT2D eigenvalue weighted by atomic mass is 10.2. The van der Waals surface area contributed by atoms with E-state index in [2.05, 4.69) is 0 Å². The van der Waals surface area contributed by atoms with Gasteiger partial charge in [-0.1, -0.05) is 0 Å². The molecule has 0 fully saturated rings. The van der Waals surface area contributed by atoms with Crippen LogP contribution in [-0.2, 0) is 14.8 Å². The van der Waals surface area contributed by atoms with Gasteiger partial charge in [0.05, 0.1) is 29.5 Å². The van der Waals surface area contributed by atoms with Gasteiger partial charge in [0.25, 0.3) is 0 Å². The maximum Gasteiger partial charge on any atom is 0.238 e. The van der Waals surface area contributed by atoms with Crippen molar-refractivity contribution in [1.29, 1.82) is 0 Å². The van der Waals surface area contributed by atoms with Crippen molar-refractivity contribution in [3.8, 4) is 0 Å². The Morgan fingerprint density at radius 3 is 2.53 bits per heavy atom. The van der Waals surface area contributed by atoms with Gasteiger partial charge >= 0.3 is 0 Å². The molecule has 1 rings (SSSR count). The van der Waals surface area contributed by atoms with Crippen LogP contribution in [0.1, 0.15) is 0 Å². The third kappa shape index (κ3) is 4.35. The lowest BCUT2D eigenvalue weighted by Crippen LogP contribution is -2.31. The number of aliphatic hydroxyl groups excluding tert-OH is 1. The number of methoxy groups -OCH3 is 1. The number of benzene rings is 1. The number of nitrogen functional groups attached to an aromatic ring is 1. The third-order valence-corrected chi connectivity index (χ3v) is 3.51. The molecule has 0 aliphatic heterocycles. The Kier molecular flexibility index (Phi) is 5.55. The van der Waals surface area contributed by atoms with Crippen LogP contribution in [0, 0.1) is 0 Å². The average Bonchev–Trinajstić information content (AvgIpc) is 2.33. The molecule has 0 saturated carbocycles. The second kappa shape index (κ2) is 6.71. The summed E-state index contributed by atoms with van der Waals surface area (Å²) >= 11 is 0. The second-order valence-corrected chi connectivity index (χ2v) is 5.53. The van der Waals surface area contributed by atoms with Crippen molar-refractivity contribution in [2.75, 3.05) is 44.0 Å². The Balaban J connectivity index is 3.04. The van der Waals surface area contributed by atoms with Crippen molar-refractivity contribution in [1.82, 2.24) is 0 Å². The Bertz CT molecular complexity index is 519. The van der Waals surface area contributed by atoms with Crippen molar-refractivity contribution >= 4 is 21.4 Å². The molecular weight excluding hydrogens is 270 g/mol. The van der Waals surface area contributed by atoms with E-state index in [0.29, 0.717) is 25.4 Å². The number of ether oxygens (including phenoxy) is 1. The van der Waals surface area contributed by atoms with Crippen molar-refractivity contribution < 1.29 is 18.3 Å². The van der Waals surface area contributed by atoms with Crippen LogP contribution in [0.15, 0.2) is 23.1 Å². The fraction of sp³-hybridized carbons (Fsp3) is 0.455. The lowest BCUT2D eigenvalue weighted by Gasteiger charge is -2.25. The van der Waals surface area contributed by atoms with Crippen molar-refractivity contribution in [2.24, 2.45) is 5.14 Å². The molecule has 5 N–H and O–H groups in total. The number of hydrogen-bond acceptors (Lipinski definition) is 6. The lowest BCUT2D eigenvalue weighted by molar-refractivity contribution is 0.203. The Morgan fingerprint density at radius 1 is 1.37 bits per heavy atom. The van der Waals surface area contributed by atoms with Gasteiger partial charge in [0.1, 0.15) is 0 Å².